The van der Waals surface area contributed by atoms with Gasteiger partial charge in [0.05, 0.1) is 16.8 Å². The van der Waals surface area contributed by atoms with Gasteiger partial charge in [-0.3, -0.25) is 4.79 Å². The second-order valence-electron chi connectivity index (χ2n) is 5.73. The van der Waals surface area contributed by atoms with Crippen molar-refractivity contribution in [3.8, 4) is 0 Å². The highest BCUT2D eigenvalue weighted by Gasteiger charge is 2.34. The minimum Gasteiger partial charge on any atom is -0.452 e. The van der Waals surface area contributed by atoms with E-state index < -0.39 is 41.9 Å². The first-order valence-corrected chi connectivity index (χ1v) is 8.40. The first kappa shape index (κ1) is 22.0. The largest absolute Gasteiger partial charge is 0.452 e. The van der Waals surface area contributed by atoms with E-state index >= 15 is 0 Å². The smallest absolute Gasteiger partial charge is 0.418 e. The van der Waals surface area contributed by atoms with Gasteiger partial charge in [-0.15, -0.1) is 0 Å². The first-order valence-electron chi connectivity index (χ1n) is 8.02. The van der Waals surface area contributed by atoms with Crippen LogP contribution in [0.1, 0.15) is 21.5 Å². The lowest BCUT2D eigenvalue weighted by Crippen LogP contribution is -2.28. The molecule has 2 aromatic rings. The Labute approximate surface area is 168 Å². The Morgan fingerprint density at radius 3 is 2.31 bits per heavy atom. The van der Waals surface area contributed by atoms with Gasteiger partial charge in [0, 0.05) is 11.6 Å². The maximum absolute atomic E-state index is 13.0. The molecule has 29 heavy (non-hydrogen) atoms. The molecular weight excluding hydrogens is 415 g/mol. The van der Waals surface area contributed by atoms with Crippen molar-refractivity contribution in [2.45, 2.75) is 12.7 Å². The fourth-order valence-corrected chi connectivity index (χ4v) is 2.38. The predicted molar refractivity (Wildman–Crippen MR) is 98.2 cm³/mol. The molecule has 0 unspecified atom stereocenters. The molecule has 7 nitrogen and oxygen atoms in total. The number of esters is 1. The molecule has 0 aliphatic carbocycles. The van der Waals surface area contributed by atoms with E-state index in [1.807, 2.05) is 5.32 Å². The summed E-state index contributed by atoms with van der Waals surface area (Å²) in [6.07, 6.45) is -4.73. The SMILES string of the molecule is NC(=O)NCc1ccc(C(=O)OCC(=O)Nc2ccc(Cl)cc2C(F)(F)F)cc1. The van der Waals surface area contributed by atoms with E-state index in [-0.39, 0.29) is 17.1 Å². The monoisotopic (exact) mass is 429 g/mol. The molecule has 0 aliphatic heterocycles. The van der Waals surface area contributed by atoms with Gasteiger partial charge < -0.3 is 21.1 Å². The molecule has 0 bridgehead atoms. The topological polar surface area (TPSA) is 111 Å². The quantitative estimate of drug-likeness (QED) is 0.612. The molecule has 0 aliphatic rings. The van der Waals surface area contributed by atoms with Crippen LogP contribution >= 0.6 is 11.6 Å². The van der Waals surface area contributed by atoms with E-state index in [1.54, 1.807) is 0 Å². The van der Waals surface area contributed by atoms with Crippen LogP contribution in [-0.4, -0.2) is 24.5 Å². The second-order valence-corrected chi connectivity index (χ2v) is 6.16. The number of anilines is 1. The number of benzene rings is 2. The number of hydrogen-bond donors (Lipinski definition) is 3. The third-order valence-electron chi connectivity index (χ3n) is 3.55. The Hall–Kier alpha value is -3.27. The van der Waals surface area contributed by atoms with Gasteiger partial charge in [-0.2, -0.15) is 13.2 Å². The second kappa shape index (κ2) is 9.28. The van der Waals surface area contributed by atoms with Crippen molar-refractivity contribution in [3.05, 3.63) is 64.2 Å². The van der Waals surface area contributed by atoms with Gasteiger partial charge in [0.25, 0.3) is 5.91 Å². The summed E-state index contributed by atoms with van der Waals surface area (Å²) in [6.45, 7) is -0.626. The summed E-state index contributed by atoms with van der Waals surface area (Å²) in [6, 6.07) is 8.05. The van der Waals surface area contributed by atoms with Gasteiger partial charge in [-0.05, 0) is 35.9 Å². The Morgan fingerprint density at radius 2 is 1.72 bits per heavy atom. The summed E-state index contributed by atoms with van der Waals surface area (Å²) in [7, 11) is 0. The number of hydrogen-bond acceptors (Lipinski definition) is 4. The normalized spacial score (nSPS) is 10.9. The van der Waals surface area contributed by atoms with E-state index in [1.165, 1.54) is 30.3 Å². The summed E-state index contributed by atoms with van der Waals surface area (Å²) in [5, 5.41) is 4.27. The maximum atomic E-state index is 13.0. The van der Waals surface area contributed by atoms with Gasteiger partial charge >= 0.3 is 18.2 Å². The Morgan fingerprint density at radius 1 is 1.07 bits per heavy atom. The molecule has 0 heterocycles. The zero-order chi connectivity index (χ0) is 21.6. The molecule has 0 saturated heterocycles. The molecule has 3 amide bonds. The molecule has 154 valence electrons. The third-order valence-corrected chi connectivity index (χ3v) is 3.79. The number of urea groups is 1. The number of carbonyl (C=O) groups excluding carboxylic acids is 3. The number of amides is 3. The van der Waals surface area contributed by atoms with Crippen molar-refractivity contribution in [3.63, 3.8) is 0 Å². The van der Waals surface area contributed by atoms with E-state index in [9.17, 15) is 27.6 Å². The molecule has 0 saturated carbocycles. The molecule has 11 heteroatoms. The summed E-state index contributed by atoms with van der Waals surface area (Å²) in [4.78, 5) is 34.5. The van der Waals surface area contributed by atoms with Gasteiger partial charge in [0.15, 0.2) is 6.61 Å². The highest BCUT2D eigenvalue weighted by molar-refractivity contribution is 6.30. The number of ether oxygens (including phenoxy) is 1. The summed E-state index contributed by atoms with van der Waals surface area (Å²) < 4.78 is 43.9. The van der Waals surface area contributed by atoms with Crippen molar-refractivity contribution in [1.29, 1.82) is 0 Å². The van der Waals surface area contributed by atoms with Gasteiger partial charge in [0.2, 0.25) is 0 Å². The van der Waals surface area contributed by atoms with E-state index in [2.05, 4.69) is 5.32 Å². The average molecular weight is 430 g/mol. The highest BCUT2D eigenvalue weighted by atomic mass is 35.5. The van der Waals surface area contributed by atoms with E-state index in [0.717, 1.165) is 6.07 Å². The standard InChI is InChI=1S/C18H15ClF3N3O4/c19-12-5-6-14(13(7-12)18(20,21)22)25-15(26)9-29-16(27)11-3-1-10(2-4-11)8-24-17(23)28/h1-7H,8-9H2,(H,25,26)(H3,23,24,28). The fourth-order valence-electron chi connectivity index (χ4n) is 2.21. The van der Waals surface area contributed by atoms with Crippen molar-refractivity contribution in [1.82, 2.24) is 5.32 Å². The lowest BCUT2D eigenvalue weighted by atomic mass is 10.1. The van der Waals surface area contributed by atoms with Crippen molar-refractivity contribution < 1.29 is 32.3 Å². The zero-order valence-corrected chi connectivity index (χ0v) is 15.4. The van der Waals surface area contributed by atoms with Crippen LogP contribution in [0.4, 0.5) is 23.7 Å². The molecular formula is C18H15ClF3N3O4. The number of carbonyl (C=O) groups is 3. The van der Waals surface area contributed by atoms with Crippen LogP contribution in [-0.2, 0) is 22.3 Å². The van der Waals surface area contributed by atoms with Crippen molar-refractivity contribution >= 4 is 35.2 Å². The number of nitrogens with one attached hydrogen (secondary N) is 2. The van der Waals surface area contributed by atoms with Gasteiger partial charge in [-0.1, -0.05) is 23.7 Å². The molecule has 4 N–H and O–H groups in total. The Bertz CT molecular complexity index is 918. The summed E-state index contributed by atoms with van der Waals surface area (Å²) in [5.74, 6) is -1.80. The zero-order valence-electron chi connectivity index (χ0n) is 14.7. The number of halogens is 4. The van der Waals surface area contributed by atoms with Crippen molar-refractivity contribution in [2.75, 3.05) is 11.9 Å². The number of primary amides is 1. The molecule has 0 atom stereocenters. The molecule has 0 spiro atoms. The van der Waals surface area contributed by atoms with E-state index in [4.69, 9.17) is 22.1 Å². The Balaban J connectivity index is 1.94. The summed E-state index contributed by atoms with van der Waals surface area (Å²) >= 11 is 5.57. The van der Waals surface area contributed by atoms with E-state index in [0.29, 0.717) is 11.6 Å². The molecule has 2 aromatic carbocycles. The lowest BCUT2D eigenvalue weighted by molar-refractivity contribution is -0.137. The fraction of sp³-hybridized carbons (Fsp3) is 0.167. The number of rotatable bonds is 6. The van der Waals surface area contributed by atoms with Crippen LogP contribution in [0.25, 0.3) is 0 Å². The Kier molecular flexibility index (Phi) is 7.05. The van der Waals surface area contributed by atoms with Crippen LogP contribution in [0, 0.1) is 0 Å². The minimum atomic E-state index is -4.73. The van der Waals surface area contributed by atoms with Gasteiger partial charge in [0.1, 0.15) is 0 Å². The molecule has 0 radical (unpaired) electrons. The molecule has 0 aromatic heterocycles. The van der Waals surface area contributed by atoms with Crippen molar-refractivity contribution in [2.24, 2.45) is 5.73 Å². The van der Waals surface area contributed by atoms with Crippen LogP contribution in [0.15, 0.2) is 42.5 Å². The van der Waals surface area contributed by atoms with Crippen LogP contribution < -0.4 is 16.4 Å². The van der Waals surface area contributed by atoms with Gasteiger partial charge in [-0.25, -0.2) is 9.59 Å². The van der Waals surface area contributed by atoms with Crippen LogP contribution in [0.2, 0.25) is 5.02 Å². The number of alkyl halides is 3. The highest BCUT2D eigenvalue weighted by Crippen LogP contribution is 2.36. The number of nitrogens with two attached hydrogens (primary N) is 1. The van der Waals surface area contributed by atoms with Crippen LogP contribution in [0.3, 0.4) is 0 Å². The average Bonchev–Trinajstić information content (AvgIpc) is 2.65. The first-order chi connectivity index (χ1) is 13.6. The third kappa shape index (κ3) is 6.68. The summed E-state index contributed by atoms with van der Waals surface area (Å²) in [5.41, 5.74) is 4.11. The lowest BCUT2D eigenvalue weighted by Gasteiger charge is -2.14. The molecule has 0 fully saturated rings. The maximum Gasteiger partial charge on any atom is 0.418 e. The minimum absolute atomic E-state index is 0.114. The molecule has 2 rings (SSSR count). The predicted octanol–water partition coefficient (Wildman–Crippen LogP) is 3.32. The van der Waals surface area contributed by atoms with Crippen LogP contribution in [0.5, 0.6) is 0 Å².